The molecule has 7 heteroatoms. The maximum absolute atomic E-state index is 11.1. The maximum atomic E-state index is 11.1. The molecular weight excluding hydrogens is 236 g/mol. The molecule has 1 aromatic heterocycles. The molecule has 15 heavy (non-hydrogen) atoms. The third-order valence-corrected chi connectivity index (χ3v) is 3.01. The van der Waals surface area contributed by atoms with Crippen molar-refractivity contribution in [2.24, 2.45) is 0 Å². The van der Waals surface area contributed by atoms with Gasteiger partial charge in [0.2, 0.25) is 5.91 Å². The highest BCUT2D eigenvalue weighted by atomic mass is 32.2. The zero-order valence-corrected chi connectivity index (χ0v) is 9.91. The lowest BCUT2D eigenvalue weighted by atomic mass is 10.7. The highest BCUT2D eigenvalue weighted by Gasteiger charge is 2.09. The van der Waals surface area contributed by atoms with E-state index < -0.39 is 0 Å². The number of hydrogen-bond acceptors (Lipinski definition) is 6. The number of carbonyl (C=O) groups is 2. The molecule has 0 unspecified atom stereocenters. The van der Waals surface area contributed by atoms with Crippen molar-refractivity contribution in [3.8, 4) is 0 Å². The fraction of sp³-hybridized carbons (Fsp3) is 0.375. The third kappa shape index (κ3) is 4.30. The van der Waals surface area contributed by atoms with E-state index in [1.807, 2.05) is 0 Å². The van der Waals surface area contributed by atoms with Gasteiger partial charge in [-0.25, -0.2) is 9.78 Å². The van der Waals surface area contributed by atoms with Crippen LogP contribution in [0.1, 0.15) is 13.8 Å². The predicted molar refractivity (Wildman–Crippen MR) is 59.3 cm³/mol. The fourth-order valence-electron chi connectivity index (χ4n) is 0.744. The molecule has 0 atom stereocenters. The minimum atomic E-state index is -0.365. The Kier molecular flexibility index (Phi) is 4.57. The Labute approximate surface area is 95.2 Å². The van der Waals surface area contributed by atoms with Crippen LogP contribution in [0.25, 0.3) is 0 Å². The molecule has 0 fully saturated rings. The van der Waals surface area contributed by atoms with Gasteiger partial charge in [-0.15, -0.1) is 0 Å². The highest BCUT2D eigenvalue weighted by molar-refractivity contribution is 8.14. The second-order valence-corrected chi connectivity index (χ2v) is 4.72. The van der Waals surface area contributed by atoms with E-state index in [-0.39, 0.29) is 11.2 Å². The minimum absolute atomic E-state index is 0.183. The molecule has 1 heterocycles. The van der Waals surface area contributed by atoms with Gasteiger partial charge in [0.15, 0.2) is 5.13 Å². The van der Waals surface area contributed by atoms with Crippen molar-refractivity contribution in [3.05, 3.63) is 6.20 Å². The van der Waals surface area contributed by atoms with Crippen molar-refractivity contribution in [2.75, 3.05) is 11.9 Å². The summed E-state index contributed by atoms with van der Waals surface area (Å²) in [6.45, 7) is 3.50. The molecule has 0 aliphatic rings. The monoisotopic (exact) mass is 246 g/mol. The van der Waals surface area contributed by atoms with Gasteiger partial charge in [-0.1, -0.05) is 11.3 Å². The molecule has 0 saturated carbocycles. The van der Waals surface area contributed by atoms with Gasteiger partial charge in [0, 0.05) is 18.7 Å². The first-order valence-corrected chi connectivity index (χ1v) is 5.83. The molecule has 0 spiro atoms. The molecule has 0 bridgehead atoms. The Hall–Kier alpha value is -1.08. The molecule has 5 nitrogen and oxygen atoms in total. The van der Waals surface area contributed by atoms with Crippen LogP contribution in [0.15, 0.2) is 10.4 Å². The largest absolute Gasteiger partial charge is 0.458 e. The predicted octanol–water partition coefficient (Wildman–Crippen LogP) is 2.35. The van der Waals surface area contributed by atoms with Crippen LogP contribution < -0.4 is 5.32 Å². The molecule has 0 saturated heterocycles. The van der Waals surface area contributed by atoms with E-state index in [0.717, 1.165) is 11.8 Å². The van der Waals surface area contributed by atoms with Crippen molar-refractivity contribution >= 4 is 39.4 Å². The summed E-state index contributed by atoms with van der Waals surface area (Å²) in [4.78, 5) is 25.7. The average Bonchev–Trinajstić information content (AvgIpc) is 2.51. The van der Waals surface area contributed by atoms with Gasteiger partial charge in [0.05, 0.1) is 17.0 Å². The fourth-order valence-corrected chi connectivity index (χ4v) is 2.39. The number of nitrogens with zero attached hydrogens (tertiary/aromatic N) is 1. The van der Waals surface area contributed by atoms with Crippen molar-refractivity contribution in [3.63, 3.8) is 0 Å². The van der Waals surface area contributed by atoms with Crippen LogP contribution in [0.5, 0.6) is 0 Å². The number of amides is 1. The summed E-state index contributed by atoms with van der Waals surface area (Å²) < 4.78 is 5.44. The maximum Gasteiger partial charge on any atom is 0.373 e. The molecule has 1 N–H and O–H groups in total. The van der Waals surface area contributed by atoms with E-state index in [2.05, 4.69) is 10.3 Å². The lowest BCUT2D eigenvalue weighted by Gasteiger charge is -1.96. The number of aromatic nitrogens is 1. The van der Waals surface area contributed by atoms with Crippen LogP contribution in [0.2, 0.25) is 0 Å². The van der Waals surface area contributed by atoms with Crippen LogP contribution in [0.4, 0.5) is 9.93 Å². The smallest absolute Gasteiger partial charge is 0.373 e. The molecule has 0 radical (unpaired) electrons. The average molecular weight is 246 g/mol. The standard InChI is InChI=1S/C8H10N2O3S2/c1-3-13-8(12)15-6-4-9-7(14-6)10-5(2)11/h4H,3H2,1-2H3,(H,9,10,11). The van der Waals surface area contributed by atoms with E-state index >= 15 is 0 Å². The number of thioether (sulfide) groups is 1. The van der Waals surface area contributed by atoms with Crippen molar-refractivity contribution < 1.29 is 14.3 Å². The summed E-state index contributed by atoms with van der Waals surface area (Å²) in [7, 11) is 0. The first kappa shape index (κ1) is 12.0. The molecule has 0 aliphatic carbocycles. The summed E-state index contributed by atoms with van der Waals surface area (Å²) in [5, 5.41) is 2.65. The Bertz CT molecular complexity index is 365. The number of rotatable bonds is 3. The molecule has 1 amide bonds. The summed E-state index contributed by atoms with van der Waals surface area (Å²) in [5.74, 6) is -0.183. The van der Waals surface area contributed by atoms with Crippen LogP contribution >= 0.6 is 23.1 Å². The minimum Gasteiger partial charge on any atom is -0.458 e. The third-order valence-electron chi connectivity index (χ3n) is 1.21. The van der Waals surface area contributed by atoms with Crippen LogP contribution in [-0.4, -0.2) is 22.8 Å². The lowest BCUT2D eigenvalue weighted by molar-refractivity contribution is -0.114. The van der Waals surface area contributed by atoms with E-state index in [1.54, 1.807) is 6.92 Å². The molecular formula is C8H10N2O3S2. The zero-order valence-electron chi connectivity index (χ0n) is 8.27. The van der Waals surface area contributed by atoms with Gasteiger partial charge >= 0.3 is 5.30 Å². The Morgan fingerprint density at radius 3 is 3.00 bits per heavy atom. The summed E-state index contributed by atoms with van der Waals surface area (Å²) in [5.41, 5.74) is 0. The molecule has 82 valence electrons. The van der Waals surface area contributed by atoms with E-state index in [4.69, 9.17) is 4.74 Å². The van der Waals surface area contributed by atoms with Gasteiger partial charge < -0.3 is 10.1 Å². The SMILES string of the molecule is CCOC(=O)Sc1cnc(NC(C)=O)s1. The zero-order chi connectivity index (χ0) is 11.3. The van der Waals surface area contributed by atoms with Gasteiger partial charge in [0.1, 0.15) is 0 Å². The van der Waals surface area contributed by atoms with Gasteiger partial charge in [-0.05, 0) is 6.92 Å². The highest BCUT2D eigenvalue weighted by Crippen LogP contribution is 2.29. The van der Waals surface area contributed by atoms with Crippen molar-refractivity contribution in [1.29, 1.82) is 0 Å². The van der Waals surface area contributed by atoms with Gasteiger partial charge in [0.25, 0.3) is 0 Å². The number of carbonyl (C=O) groups excluding carboxylic acids is 2. The summed E-state index contributed by atoms with van der Waals surface area (Å²) in [6, 6.07) is 0. The Morgan fingerprint density at radius 2 is 2.40 bits per heavy atom. The number of hydrogen-bond donors (Lipinski definition) is 1. The van der Waals surface area contributed by atoms with Gasteiger partial charge in [-0.3, -0.25) is 4.79 Å². The summed E-state index contributed by atoms with van der Waals surface area (Å²) in [6.07, 6.45) is 1.53. The van der Waals surface area contributed by atoms with E-state index in [1.165, 1.54) is 24.5 Å². The number of ether oxygens (including phenoxy) is 1. The number of thiazole rings is 1. The van der Waals surface area contributed by atoms with Gasteiger partial charge in [-0.2, -0.15) is 0 Å². The number of anilines is 1. The topological polar surface area (TPSA) is 68.3 Å². The number of nitrogens with one attached hydrogen (secondary N) is 1. The molecule has 0 aliphatic heterocycles. The quantitative estimate of drug-likeness (QED) is 0.655. The van der Waals surface area contributed by atoms with E-state index in [0.29, 0.717) is 15.9 Å². The van der Waals surface area contributed by atoms with E-state index in [9.17, 15) is 9.59 Å². The lowest BCUT2D eigenvalue weighted by Crippen LogP contribution is -2.04. The van der Waals surface area contributed by atoms with Crippen molar-refractivity contribution in [1.82, 2.24) is 4.98 Å². The Balaban J connectivity index is 2.52. The molecule has 0 aromatic carbocycles. The molecule has 1 aromatic rings. The van der Waals surface area contributed by atoms with Crippen LogP contribution in [0, 0.1) is 0 Å². The molecule has 1 rings (SSSR count). The normalized spacial score (nSPS) is 9.73. The summed E-state index contributed by atoms with van der Waals surface area (Å²) >= 11 is 2.19. The first-order chi connectivity index (χ1) is 7.11. The first-order valence-electron chi connectivity index (χ1n) is 4.20. The second-order valence-electron chi connectivity index (χ2n) is 2.45. The Morgan fingerprint density at radius 1 is 1.67 bits per heavy atom. The van der Waals surface area contributed by atoms with Crippen LogP contribution in [-0.2, 0) is 9.53 Å². The van der Waals surface area contributed by atoms with Crippen molar-refractivity contribution in [2.45, 2.75) is 18.1 Å². The van der Waals surface area contributed by atoms with Crippen LogP contribution in [0.3, 0.4) is 0 Å². The second kappa shape index (κ2) is 5.72.